The van der Waals surface area contributed by atoms with Crippen LogP contribution in [-0.2, 0) is 0 Å². The molecule has 0 aromatic rings. The van der Waals surface area contributed by atoms with Crippen molar-refractivity contribution >= 4 is 17.3 Å². The molecule has 1 heterocycles. The van der Waals surface area contributed by atoms with Crippen molar-refractivity contribution in [1.29, 1.82) is 0 Å². The van der Waals surface area contributed by atoms with E-state index in [0.29, 0.717) is 5.11 Å². The van der Waals surface area contributed by atoms with Crippen LogP contribution in [0.5, 0.6) is 0 Å². The fourth-order valence-electron chi connectivity index (χ4n) is 1.50. The molecule has 2 N–H and O–H groups in total. The Morgan fingerprint density at radius 2 is 2.00 bits per heavy atom. The average Bonchev–Trinajstić information content (AvgIpc) is 2.50. The van der Waals surface area contributed by atoms with Crippen LogP contribution in [0.4, 0.5) is 0 Å². The molecule has 1 aliphatic rings. The molecule has 0 saturated carbocycles. The average molecular weight is 206 g/mol. The third-order valence-corrected chi connectivity index (χ3v) is 2.31. The Hall–Kier alpha value is -1.35. The highest BCUT2D eigenvalue weighted by Crippen LogP contribution is 2.27. The Morgan fingerprint density at radius 3 is 2.50 bits per heavy atom. The summed E-state index contributed by atoms with van der Waals surface area (Å²) in [6, 6.07) is 0. The number of nitrogens with two attached hydrogens (primary N) is 1. The van der Waals surface area contributed by atoms with Crippen LogP contribution in [0.25, 0.3) is 0 Å². The van der Waals surface area contributed by atoms with Gasteiger partial charge in [0.25, 0.3) is 0 Å². The number of hydrogen-bond acceptors (Lipinski definition) is 1. The molecule has 1 rings (SSSR count). The van der Waals surface area contributed by atoms with Crippen LogP contribution in [0.15, 0.2) is 48.7 Å². The van der Waals surface area contributed by atoms with Crippen LogP contribution in [0.1, 0.15) is 6.42 Å². The molecule has 0 amide bonds. The van der Waals surface area contributed by atoms with Crippen molar-refractivity contribution in [2.24, 2.45) is 5.73 Å². The van der Waals surface area contributed by atoms with Crippen LogP contribution < -0.4 is 5.73 Å². The van der Waals surface area contributed by atoms with Crippen molar-refractivity contribution in [3.05, 3.63) is 48.7 Å². The van der Waals surface area contributed by atoms with Gasteiger partial charge in [-0.25, -0.2) is 0 Å². The maximum Gasteiger partial charge on any atom is 0.170 e. The van der Waals surface area contributed by atoms with Gasteiger partial charge >= 0.3 is 0 Å². The van der Waals surface area contributed by atoms with E-state index in [0.717, 1.165) is 18.7 Å². The second kappa shape index (κ2) is 4.77. The van der Waals surface area contributed by atoms with Crippen molar-refractivity contribution in [2.75, 3.05) is 6.54 Å². The number of likely N-dealkylation sites (tertiary alicyclic amines) is 1. The number of hydrogen-bond donors (Lipinski definition) is 1. The fraction of sp³-hybridized carbons (Fsp3) is 0.182. The zero-order chi connectivity index (χ0) is 10.6. The smallest absolute Gasteiger partial charge is 0.170 e. The maximum absolute atomic E-state index is 5.61. The van der Waals surface area contributed by atoms with Crippen LogP contribution >= 0.6 is 12.2 Å². The first-order chi connectivity index (χ1) is 6.70. The molecule has 0 bridgehead atoms. The van der Waals surface area contributed by atoms with Crippen LogP contribution in [0.2, 0.25) is 0 Å². The zero-order valence-electron chi connectivity index (χ0n) is 8.07. The molecule has 1 aliphatic heterocycles. The zero-order valence-corrected chi connectivity index (χ0v) is 8.89. The van der Waals surface area contributed by atoms with Gasteiger partial charge in [0, 0.05) is 12.2 Å². The summed E-state index contributed by atoms with van der Waals surface area (Å²) in [6.45, 7) is 8.19. The highest BCUT2D eigenvalue weighted by molar-refractivity contribution is 7.80. The molecule has 0 atom stereocenters. The predicted molar refractivity (Wildman–Crippen MR) is 64.7 cm³/mol. The van der Waals surface area contributed by atoms with Crippen LogP contribution in [0, 0.1) is 0 Å². The lowest BCUT2D eigenvalue weighted by Gasteiger charge is -2.16. The number of rotatable bonds is 2. The van der Waals surface area contributed by atoms with Crippen molar-refractivity contribution in [2.45, 2.75) is 6.42 Å². The van der Waals surface area contributed by atoms with Gasteiger partial charge in [-0.15, -0.1) is 0 Å². The SMILES string of the molecule is C=C/C=C1/CCN(C(N)=S)/C1=C/C=C. The van der Waals surface area contributed by atoms with E-state index in [1.165, 1.54) is 5.57 Å². The summed E-state index contributed by atoms with van der Waals surface area (Å²) in [4.78, 5) is 1.91. The quantitative estimate of drug-likeness (QED) is 0.702. The van der Waals surface area contributed by atoms with Crippen LogP contribution in [-0.4, -0.2) is 16.6 Å². The monoisotopic (exact) mass is 206 g/mol. The summed E-state index contributed by atoms with van der Waals surface area (Å²) in [5.74, 6) is 0. The van der Waals surface area contributed by atoms with Gasteiger partial charge in [-0.3, -0.25) is 0 Å². The van der Waals surface area contributed by atoms with Crippen molar-refractivity contribution in [1.82, 2.24) is 4.90 Å². The molecule has 1 fully saturated rings. The molecule has 74 valence electrons. The van der Waals surface area contributed by atoms with Crippen molar-refractivity contribution in [3.63, 3.8) is 0 Å². The number of nitrogens with zero attached hydrogens (tertiary/aromatic N) is 1. The molecule has 1 saturated heterocycles. The second-order valence-corrected chi connectivity index (χ2v) is 3.37. The van der Waals surface area contributed by atoms with Gasteiger partial charge < -0.3 is 10.6 Å². The van der Waals surface area contributed by atoms with E-state index in [9.17, 15) is 0 Å². The Balaban J connectivity index is 3.02. The van der Waals surface area contributed by atoms with Gasteiger partial charge in [0.05, 0.1) is 0 Å². The minimum absolute atomic E-state index is 0.408. The normalized spacial score (nSPS) is 21.6. The molecule has 3 heteroatoms. The molecule has 14 heavy (non-hydrogen) atoms. The van der Waals surface area contributed by atoms with E-state index in [-0.39, 0.29) is 0 Å². The number of thiocarbonyl (C=S) groups is 1. The lowest BCUT2D eigenvalue weighted by molar-refractivity contribution is 0.593. The summed E-state index contributed by atoms with van der Waals surface area (Å²) in [7, 11) is 0. The summed E-state index contributed by atoms with van der Waals surface area (Å²) in [5.41, 5.74) is 7.84. The van der Waals surface area contributed by atoms with Gasteiger partial charge in [0.2, 0.25) is 0 Å². The lowest BCUT2D eigenvalue weighted by atomic mass is 10.1. The molecule has 0 radical (unpaired) electrons. The molecular weight excluding hydrogens is 192 g/mol. The van der Waals surface area contributed by atoms with E-state index in [2.05, 4.69) is 13.2 Å². The molecule has 0 spiro atoms. The minimum Gasteiger partial charge on any atom is -0.376 e. The molecule has 0 aromatic carbocycles. The van der Waals surface area contributed by atoms with Crippen LogP contribution in [0.3, 0.4) is 0 Å². The largest absolute Gasteiger partial charge is 0.376 e. The lowest BCUT2D eigenvalue weighted by Crippen LogP contribution is -2.31. The summed E-state index contributed by atoms with van der Waals surface area (Å²) >= 11 is 4.96. The Labute approximate surface area is 90.1 Å². The fourth-order valence-corrected chi connectivity index (χ4v) is 1.69. The van der Waals surface area contributed by atoms with E-state index < -0.39 is 0 Å². The Kier molecular flexibility index (Phi) is 3.65. The highest BCUT2D eigenvalue weighted by Gasteiger charge is 2.22. The van der Waals surface area contributed by atoms with Crippen molar-refractivity contribution in [3.8, 4) is 0 Å². The van der Waals surface area contributed by atoms with E-state index in [1.807, 2.05) is 17.1 Å². The number of allylic oxidation sites excluding steroid dienone is 5. The minimum atomic E-state index is 0.408. The van der Waals surface area contributed by atoms with Crippen molar-refractivity contribution < 1.29 is 0 Å². The molecule has 0 aromatic heterocycles. The van der Waals surface area contributed by atoms with Gasteiger partial charge in [-0.05, 0) is 30.3 Å². The molecule has 0 aliphatic carbocycles. The predicted octanol–water partition coefficient (Wildman–Crippen LogP) is 2.12. The van der Waals surface area contributed by atoms with Gasteiger partial charge in [-0.2, -0.15) is 0 Å². The topological polar surface area (TPSA) is 29.3 Å². The summed E-state index contributed by atoms with van der Waals surface area (Å²) in [5, 5.41) is 0.408. The van der Waals surface area contributed by atoms with E-state index in [1.54, 1.807) is 12.2 Å². The third-order valence-electron chi connectivity index (χ3n) is 2.09. The first kappa shape index (κ1) is 10.7. The Morgan fingerprint density at radius 1 is 1.36 bits per heavy atom. The first-order valence-electron chi connectivity index (χ1n) is 4.42. The Bertz CT molecular complexity index is 326. The van der Waals surface area contributed by atoms with Gasteiger partial charge in [0.1, 0.15) is 0 Å². The van der Waals surface area contributed by atoms with Gasteiger partial charge in [0.15, 0.2) is 5.11 Å². The maximum atomic E-state index is 5.61. The molecular formula is C11H14N2S. The third kappa shape index (κ3) is 2.12. The molecule has 2 nitrogen and oxygen atoms in total. The second-order valence-electron chi connectivity index (χ2n) is 2.96. The highest BCUT2D eigenvalue weighted by atomic mass is 32.1. The standard InChI is InChI=1S/C11H14N2S/c1-3-5-9-7-8-13(11(12)14)10(9)6-4-2/h3-6H,1-2,7-8H2,(H2,12,14)/b9-5-,10-6+. The summed E-state index contributed by atoms with van der Waals surface area (Å²) in [6.07, 6.45) is 8.36. The van der Waals surface area contributed by atoms with Gasteiger partial charge in [-0.1, -0.05) is 31.4 Å². The van der Waals surface area contributed by atoms with E-state index >= 15 is 0 Å². The summed E-state index contributed by atoms with van der Waals surface area (Å²) < 4.78 is 0. The van der Waals surface area contributed by atoms with E-state index in [4.69, 9.17) is 18.0 Å². The first-order valence-corrected chi connectivity index (χ1v) is 4.83. The molecule has 0 unspecified atom stereocenters.